The lowest BCUT2D eigenvalue weighted by molar-refractivity contribution is 0.102. The first kappa shape index (κ1) is 22.1. The number of pyridine rings is 1. The number of benzene rings is 2. The molecular formula is C26H24ClN5O2. The number of nitrogens with zero attached hydrogens (tertiary/aromatic N) is 4. The molecular weight excluding hydrogens is 450 g/mol. The molecule has 34 heavy (non-hydrogen) atoms. The van der Waals surface area contributed by atoms with Gasteiger partial charge in [0.05, 0.1) is 37.2 Å². The first-order valence-corrected chi connectivity index (χ1v) is 11.5. The number of hydrogen-bond acceptors (Lipinski definition) is 5. The first-order valence-electron chi connectivity index (χ1n) is 11.1. The Kier molecular flexibility index (Phi) is 6.56. The summed E-state index contributed by atoms with van der Waals surface area (Å²) >= 11 is 6.07. The number of nitrogens with one attached hydrogen (secondary N) is 1. The van der Waals surface area contributed by atoms with Crippen molar-refractivity contribution in [1.29, 1.82) is 0 Å². The number of aromatic nitrogens is 3. The summed E-state index contributed by atoms with van der Waals surface area (Å²) in [6, 6.07) is 21.1. The average Bonchev–Trinajstić information content (AvgIpc) is 3.30. The zero-order valence-corrected chi connectivity index (χ0v) is 19.3. The van der Waals surface area contributed by atoms with E-state index < -0.39 is 0 Å². The number of anilines is 2. The van der Waals surface area contributed by atoms with Gasteiger partial charge in [-0.2, -0.15) is 5.10 Å². The molecule has 0 atom stereocenters. The van der Waals surface area contributed by atoms with Crippen molar-refractivity contribution in [1.82, 2.24) is 14.8 Å². The molecule has 0 unspecified atom stereocenters. The third kappa shape index (κ3) is 5.11. The quantitative estimate of drug-likeness (QED) is 0.438. The molecule has 3 heterocycles. The molecule has 1 amide bonds. The van der Waals surface area contributed by atoms with Gasteiger partial charge in [0.1, 0.15) is 11.5 Å². The van der Waals surface area contributed by atoms with Crippen LogP contribution in [0, 0.1) is 0 Å². The van der Waals surface area contributed by atoms with Gasteiger partial charge in [0, 0.05) is 29.9 Å². The van der Waals surface area contributed by atoms with Gasteiger partial charge >= 0.3 is 0 Å². The Bertz CT molecular complexity index is 1250. The van der Waals surface area contributed by atoms with Gasteiger partial charge in [-0.3, -0.25) is 9.48 Å². The van der Waals surface area contributed by atoms with Crippen molar-refractivity contribution < 1.29 is 9.53 Å². The summed E-state index contributed by atoms with van der Waals surface area (Å²) in [6.45, 7) is 3.57. The van der Waals surface area contributed by atoms with Crippen LogP contribution in [0.15, 0.2) is 79.1 Å². The molecule has 0 aliphatic carbocycles. The summed E-state index contributed by atoms with van der Waals surface area (Å²) < 4.78 is 7.18. The Hall–Kier alpha value is -3.68. The highest BCUT2D eigenvalue weighted by Gasteiger charge is 2.19. The summed E-state index contributed by atoms with van der Waals surface area (Å²) in [5, 5.41) is 8.31. The number of halogens is 1. The number of rotatable bonds is 6. The summed E-state index contributed by atoms with van der Waals surface area (Å²) in [5.74, 6) is 0.629. The molecule has 0 spiro atoms. The van der Waals surface area contributed by atoms with E-state index in [1.807, 2.05) is 54.6 Å². The first-order chi connectivity index (χ1) is 16.7. The molecule has 0 saturated carbocycles. The average molecular weight is 474 g/mol. The van der Waals surface area contributed by atoms with E-state index >= 15 is 0 Å². The summed E-state index contributed by atoms with van der Waals surface area (Å²) in [4.78, 5) is 20.0. The van der Waals surface area contributed by atoms with Gasteiger partial charge in [-0.05, 0) is 29.8 Å². The molecule has 1 fully saturated rings. The van der Waals surface area contributed by atoms with Crippen LogP contribution in [0.1, 0.15) is 15.9 Å². The van der Waals surface area contributed by atoms with Crippen LogP contribution in [0.2, 0.25) is 5.02 Å². The molecule has 7 nitrogen and oxygen atoms in total. The summed E-state index contributed by atoms with van der Waals surface area (Å²) in [7, 11) is 0. The third-order valence-corrected chi connectivity index (χ3v) is 5.90. The molecule has 0 radical (unpaired) electrons. The van der Waals surface area contributed by atoms with Crippen molar-refractivity contribution in [3.63, 3.8) is 0 Å². The van der Waals surface area contributed by atoms with Crippen molar-refractivity contribution in [2.24, 2.45) is 0 Å². The van der Waals surface area contributed by atoms with Crippen molar-refractivity contribution in [2.45, 2.75) is 6.54 Å². The maximum Gasteiger partial charge on any atom is 0.259 e. The Morgan fingerprint density at radius 1 is 1.00 bits per heavy atom. The second-order valence-electron chi connectivity index (χ2n) is 8.04. The van der Waals surface area contributed by atoms with Crippen molar-refractivity contribution in [3.8, 4) is 11.3 Å². The van der Waals surface area contributed by atoms with Crippen molar-refractivity contribution in [3.05, 3.63) is 95.3 Å². The van der Waals surface area contributed by atoms with Crippen LogP contribution in [-0.4, -0.2) is 47.0 Å². The fraction of sp³-hybridized carbons (Fsp3) is 0.192. The zero-order chi connectivity index (χ0) is 23.3. The molecule has 1 N–H and O–H groups in total. The SMILES string of the molecule is O=C(Nc1ccc(N2CCOCC2)nc1)c1cn(Cc2ccccc2)nc1-c1ccc(Cl)cc1. The van der Waals surface area contributed by atoms with Gasteiger partial charge in [0.25, 0.3) is 5.91 Å². The molecule has 1 saturated heterocycles. The fourth-order valence-corrected chi connectivity index (χ4v) is 4.02. The minimum atomic E-state index is -0.245. The van der Waals surface area contributed by atoms with Gasteiger partial charge in [0.15, 0.2) is 0 Å². The topological polar surface area (TPSA) is 72.3 Å². The number of ether oxygens (including phenoxy) is 1. The Balaban J connectivity index is 1.39. The minimum Gasteiger partial charge on any atom is -0.378 e. The van der Waals surface area contributed by atoms with Gasteiger partial charge in [0.2, 0.25) is 0 Å². The lowest BCUT2D eigenvalue weighted by Crippen LogP contribution is -2.36. The van der Waals surface area contributed by atoms with E-state index in [9.17, 15) is 4.79 Å². The highest BCUT2D eigenvalue weighted by molar-refractivity contribution is 6.30. The highest BCUT2D eigenvalue weighted by Crippen LogP contribution is 2.25. The summed E-state index contributed by atoms with van der Waals surface area (Å²) in [6.07, 6.45) is 3.46. The van der Waals surface area contributed by atoms with Crippen LogP contribution in [0.25, 0.3) is 11.3 Å². The molecule has 2 aromatic carbocycles. The zero-order valence-electron chi connectivity index (χ0n) is 18.5. The second kappa shape index (κ2) is 10.1. The van der Waals surface area contributed by atoms with Gasteiger partial charge in [-0.1, -0.05) is 54.1 Å². The highest BCUT2D eigenvalue weighted by atomic mass is 35.5. The number of hydrogen-bond donors (Lipinski definition) is 1. The van der Waals surface area contributed by atoms with Crippen LogP contribution >= 0.6 is 11.6 Å². The van der Waals surface area contributed by atoms with Crippen LogP contribution in [0.4, 0.5) is 11.5 Å². The minimum absolute atomic E-state index is 0.245. The molecule has 172 valence electrons. The standard InChI is InChI=1S/C26H24ClN5O2/c27-21-8-6-20(7-9-21)25-23(18-32(30-25)17-19-4-2-1-3-5-19)26(33)29-22-10-11-24(28-16-22)31-12-14-34-15-13-31/h1-11,16,18H,12-15,17H2,(H,29,33). The number of carbonyl (C=O) groups excluding carboxylic acids is 1. The number of morpholine rings is 1. The van der Waals surface area contributed by atoms with E-state index in [2.05, 4.69) is 15.2 Å². The van der Waals surface area contributed by atoms with E-state index in [1.54, 1.807) is 29.2 Å². The maximum absolute atomic E-state index is 13.3. The van der Waals surface area contributed by atoms with Crippen molar-refractivity contribution in [2.75, 3.05) is 36.5 Å². The van der Waals surface area contributed by atoms with E-state index in [4.69, 9.17) is 21.4 Å². The smallest absolute Gasteiger partial charge is 0.259 e. The molecule has 8 heteroatoms. The molecule has 1 aliphatic rings. The number of carbonyl (C=O) groups is 1. The lowest BCUT2D eigenvalue weighted by Gasteiger charge is -2.27. The Morgan fingerprint density at radius 2 is 1.76 bits per heavy atom. The van der Waals surface area contributed by atoms with Crippen LogP contribution in [0.5, 0.6) is 0 Å². The van der Waals surface area contributed by atoms with Crippen LogP contribution in [-0.2, 0) is 11.3 Å². The van der Waals surface area contributed by atoms with Crippen molar-refractivity contribution >= 4 is 29.0 Å². The summed E-state index contributed by atoms with van der Waals surface area (Å²) in [5.41, 5.74) is 3.63. The normalized spacial score (nSPS) is 13.6. The van der Waals surface area contributed by atoms with Crippen LogP contribution in [0.3, 0.4) is 0 Å². The third-order valence-electron chi connectivity index (χ3n) is 5.65. The van der Waals surface area contributed by atoms with Gasteiger partial charge < -0.3 is 15.0 Å². The second-order valence-corrected chi connectivity index (χ2v) is 8.48. The predicted octanol–water partition coefficient (Wildman–Crippen LogP) is 4.74. The molecule has 2 aromatic heterocycles. The lowest BCUT2D eigenvalue weighted by atomic mass is 10.1. The van der Waals surface area contributed by atoms with E-state index in [1.165, 1.54) is 0 Å². The monoisotopic (exact) mass is 473 g/mol. The Labute approximate surface area is 203 Å². The van der Waals surface area contributed by atoms with E-state index in [-0.39, 0.29) is 5.91 Å². The molecule has 5 rings (SSSR count). The van der Waals surface area contributed by atoms with E-state index in [0.29, 0.717) is 41.7 Å². The van der Waals surface area contributed by atoms with Gasteiger partial charge in [-0.25, -0.2) is 4.98 Å². The fourth-order valence-electron chi connectivity index (χ4n) is 3.90. The van der Waals surface area contributed by atoms with E-state index in [0.717, 1.165) is 30.0 Å². The molecule has 1 aliphatic heterocycles. The largest absolute Gasteiger partial charge is 0.378 e. The number of amides is 1. The Morgan fingerprint density at radius 3 is 2.47 bits per heavy atom. The van der Waals surface area contributed by atoms with Gasteiger partial charge in [-0.15, -0.1) is 0 Å². The van der Waals surface area contributed by atoms with Crippen LogP contribution < -0.4 is 10.2 Å². The predicted molar refractivity (Wildman–Crippen MR) is 133 cm³/mol. The molecule has 4 aromatic rings. The molecule has 0 bridgehead atoms. The maximum atomic E-state index is 13.3.